The van der Waals surface area contributed by atoms with Crippen LogP contribution in [0.3, 0.4) is 0 Å². The van der Waals surface area contributed by atoms with Gasteiger partial charge in [-0.05, 0) is 0 Å². The summed E-state index contributed by atoms with van der Waals surface area (Å²) in [7, 11) is 0. The average molecular weight is 422 g/mol. The number of rotatable bonds is 2. The molecular weight excluding hydrogens is 419 g/mol. The Morgan fingerprint density at radius 1 is 0.667 bits per heavy atom. The van der Waals surface area contributed by atoms with Crippen molar-refractivity contribution in [1.29, 1.82) is 0 Å². The second-order valence-electron chi connectivity index (χ2n) is 3.01. The predicted molar refractivity (Wildman–Crippen MR) is 51.7 cm³/mol. The van der Waals surface area contributed by atoms with Gasteiger partial charge in [-0.15, -0.1) is 0 Å². The van der Waals surface area contributed by atoms with Crippen LogP contribution >= 0.6 is 0 Å². The molecule has 2 aliphatic heterocycles. The monoisotopic (exact) mass is 420 g/mol. The summed E-state index contributed by atoms with van der Waals surface area (Å²) in [5.41, 5.74) is 0. The Kier molecular flexibility index (Phi) is 5.43. The van der Waals surface area contributed by atoms with Crippen molar-refractivity contribution in [3.8, 4) is 0 Å². The summed E-state index contributed by atoms with van der Waals surface area (Å²) in [6.45, 7) is 0. The van der Waals surface area contributed by atoms with Crippen LogP contribution in [-0.2, 0) is 49.9 Å². The standard InChI is InChI=1S/3C2H2O4.2Ga.H2O/c3*3-1(4)2(5)6;;;/h3*(H,3,4)(H,5,6);;;1H2/q;;;2*+3;/p-6. The third kappa shape index (κ3) is 4.01. The molecule has 0 unspecified atom stereocenters. The van der Waals surface area contributed by atoms with Crippen LogP contribution in [0, 0.1) is 0 Å². The molecule has 0 aliphatic carbocycles. The second-order valence-corrected chi connectivity index (χ2v) is 8.40. The fraction of sp³-hybridized carbons (Fsp3) is 0. The van der Waals surface area contributed by atoms with Gasteiger partial charge in [-0.3, -0.25) is 0 Å². The van der Waals surface area contributed by atoms with Crippen molar-refractivity contribution >= 4 is 70.4 Å². The molecule has 2 N–H and O–H groups in total. The summed E-state index contributed by atoms with van der Waals surface area (Å²) < 4.78 is 25.7. The van der Waals surface area contributed by atoms with Gasteiger partial charge >= 0.3 is 120 Å². The van der Waals surface area contributed by atoms with E-state index >= 15 is 0 Å². The number of hydrogen-bond donors (Lipinski definition) is 0. The van der Waals surface area contributed by atoms with Crippen molar-refractivity contribution in [2.75, 3.05) is 0 Å². The Hall–Kier alpha value is -1.95. The zero-order valence-corrected chi connectivity index (χ0v) is 14.4. The number of hydrogen-bond acceptors (Lipinski definition) is 12. The van der Waals surface area contributed by atoms with E-state index in [1.165, 1.54) is 0 Å². The van der Waals surface area contributed by atoms with Crippen molar-refractivity contribution in [3.05, 3.63) is 0 Å². The van der Waals surface area contributed by atoms with Gasteiger partial charge in [0.25, 0.3) is 0 Å². The molecule has 2 fully saturated rings. The van der Waals surface area contributed by atoms with E-state index in [4.69, 9.17) is 0 Å². The van der Waals surface area contributed by atoms with Crippen LogP contribution in [0.1, 0.15) is 0 Å². The zero-order chi connectivity index (χ0) is 14.9. The van der Waals surface area contributed by atoms with E-state index in [9.17, 15) is 28.8 Å². The summed E-state index contributed by atoms with van der Waals surface area (Å²) in [5.74, 6) is -8.55. The Morgan fingerprint density at radius 2 is 0.905 bits per heavy atom. The molecule has 2 aliphatic rings. The van der Waals surface area contributed by atoms with Crippen LogP contribution in [0.4, 0.5) is 0 Å². The van der Waals surface area contributed by atoms with Gasteiger partial charge in [0.1, 0.15) is 0 Å². The number of carbonyl (C=O) groups is 6. The van der Waals surface area contributed by atoms with E-state index in [-0.39, 0.29) is 5.48 Å². The first-order valence-corrected chi connectivity index (χ1v) is 10.5. The molecule has 2 rings (SSSR count). The Balaban J connectivity index is 0.00000220. The third-order valence-electron chi connectivity index (χ3n) is 1.72. The molecule has 0 radical (unpaired) electrons. The van der Waals surface area contributed by atoms with Gasteiger partial charge in [-0.1, -0.05) is 0 Å². The van der Waals surface area contributed by atoms with E-state index in [0.717, 1.165) is 0 Å². The molecule has 0 aromatic heterocycles. The fourth-order valence-corrected chi connectivity index (χ4v) is 4.97. The molecule has 0 amide bonds. The summed E-state index contributed by atoms with van der Waals surface area (Å²) in [4.78, 5) is 64.9. The van der Waals surface area contributed by atoms with Crippen molar-refractivity contribution in [2.45, 2.75) is 0 Å². The molecule has 15 heteroatoms. The van der Waals surface area contributed by atoms with E-state index in [1.807, 2.05) is 0 Å². The minimum absolute atomic E-state index is 0. The summed E-state index contributed by atoms with van der Waals surface area (Å²) in [6, 6.07) is 0. The molecule has 0 aromatic rings. The van der Waals surface area contributed by atoms with Crippen molar-refractivity contribution < 1.29 is 55.4 Å². The maximum absolute atomic E-state index is 11.2. The molecule has 0 saturated carbocycles. The van der Waals surface area contributed by atoms with Crippen molar-refractivity contribution in [2.24, 2.45) is 0 Å². The van der Waals surface area contributed by atoms with Gasteiger partial charge in [-0.25, -0.2) is 0 Å². The van der Waals surface area contributed by atoms with Crippen LogP contribution < -0.4 is 0 Å². The first-order chi connectivity index (χ1) is 9.36. The quantitative estimate of drug-likeness (QED) is 0.307. The molecule has 2 saturated heterocycles. The summed E-state index contributed by atoms with van der Waals surface area (Å²) in [6.07, 6.45) is 0. The van der Waals surface area contributed by atoms with E-state index in [0.29, 0.717) is 0 Å². The van der Waals surface area contributed by atoms with Gasteiger partial charge in [0.05, 0.1) is 0 Å². The minimum atomic E-state index is -3.92. The molecule has 110 valence electrons. The summed E-state index contributed by atoms with van der Waals surface area (Å²) >= 11 is -7.84. The topological polar surface area (TPSA) is 189 Å². The first-order valence-electron chi connectivity index (χ1n) is 4.61. The van der Waals surface area contributed by atoms with Crippen LogP contribution in [0.5, 0.6) is 0 Å². The molecule has 13 nitrogen and oxygen atoms in total. The molecule has 0 spiro atoms. The average Bonchev–Trinajstić information content (AvgIpc) is 2.83. The second kappa shape index (κ2) is 6.67. The molecule has 21 heavy (non-hydrogen) atoms. The van der Waals surface area contributed by atoms with E-state index < -0.39 is 70.4 Å². The first kappa shape index (κ1) is 17.1. The van der Waals surface area contributed by atoms with Crippen LogP contribution in [-0.4, -0.2) is 75.9 Å². The van der Waals surface area contributed by atoms with Crippen LogP contribution in [0.15, 0.2) is 0 Å². The number of carbonyl (C=O) groups excluding carboxylic acids is 6. The maximum atomic E-state index is 11.2. The van der Waals surface area contributed by atoms with E-state index in [2.05, 4.69) is 21.2 Å². The van der Waals surface area contributed by atoms with Crippen molar-refractivity contribution in [3.63, 3.8) is 0 Å². The Morgan fingerprint density at radius 3 is 1.14 bits per heavy atom. The van der Waals surface area contributed by atoms with Gasteiger partial charge in [0, 0.05) is 0 Å². The molecule has 2 heterocycles. The molecular formula is C6H2Ga2O13. The molecule has 0 atom stereocenters. The van der Waals surface area contributed by atoms with Gasteiger partial charge in [0.2, 0.25) is 0 Å². The predicted octanol–water partition coefficient (Wildman–Crippen LogP) is -4.58. The van der Waals surface area contributed by atoms with E-state index in [1.54, 1.807) is 0 Å². The Labute approximate surface area is 126 Å². The SMILES string of the molecule is O.O=C1[O][Ga]([O]C(=O)C(=O)[O][Ga]2[O]C(=O)C(=O)[O]2)[O]C1=O. The van der Waals surface area contributed by atoms with Gasteiger partial charge < -0.3 is 5.48 Å². The van der Waals surface area contributed by atoms with Crippen LogP contribution in [0.25, 0.3) is 0 Å². The van der Waals surface area contributed by atoms with Gasteiger partial charge in [0.15, 0.2) is 0 Å². The fourth-order valence-electron chi connectivity index (χ4n) is 0.957. The van der Waals surface area contributed by atoms with Crippen molar-refractivity contribution in [1.82, 2.24) is 0 Å². The third-order valence-corrected chi connectivity index (χ3v) is 6.84. The van der Waals surface area contributed by atoms with Gasteiger partial charge in [-0.2, -0.15) is 0 Å². The normalized spacial score (nSPS) is 16.4. The zero-order valence-electron chi connectivity index (χ0n) is 9.55. The van der Waals surface area contributed by atoms with Crippen LogP contribution in [0.2, 0.25) is 0 Å². The molecule has 0 aromatic carbocycles. The summed E-state index contributed by atoms with van der Waals surface area (Å²) in [5, 5.41) is 0. The molecule has 0 bridgehead atoms. The Bertz CT molecular complexity index is 459.